The van der Waals surface area contributed by atoms with Gasteiger partial charge in [-0.2, -0.15) is 0 Å². The van der Waals surface area contributed by atoms with Gasteiger partial charge in [0.2, 0.25) is 5.91 Å². The third-order valence-corrected chi connectivity index (χ3v) is 4.08. The van der Waals surface area contributed by atoms with E-state index < -0.39 is 0 Å². The molecule has 4 nitrogen and oxygen atoms in total. The summed E-state index contributed by atoms with van der Waals surface area (Å²) < 4.78 is 11.4. The van der Waals surface area contributed by atoms with E-state index in [9.17, 15) is 4.79 Å². The monoisotopic (exact) mass is 241 g/mol. The van der Waals surface area contributed by atoms with Crippen LogP contribution < -0.4 is 5.32 Å². The zero-order valence-electron chi connectivity index (χ0n) is 11.0. The van der Waals surface area contributed by atoms with E-state index >= 15 is 0 Å². The van der Waals surface area contributed by atoms with Crippen LogP contribution in [0.3, 0.4) is 0 Å². The number of ether oxygens (including phenoxy) is 2. The maximum atomic E-state index is 11.2. The molecule has 17 heavy (non-hydrogen) atoms. The highest BCUT2D eigenvalue weighted by Gasteiger charge is 2.43. The fourth-order valence-electron chi connectivity index (χ4n) is 3.12. The number of carbonyl (C=O) groups excluding carboxylic acids is 1. The third kappa shape index (κ3) is 2.80. The van der Waals surface area contributed by atoms with Gasteiger partial charge < -0.3 is 14.8 Å². The van der Waals surface area contributed by atoms with Crippen LogP contribution in [0.1, 0.15) is 46.5 Å². The number of nitrogens with one attached hydrogen (secondary N) is 1. The summed E-state index contributed by atoms with van der Waals surface area (Å²) in [7, 11) is 0. The van der Waals surface area contributed by atoms with Crippen LogP contribution in [-0.4, -0.2) is 30.4 Å². The maximum absolute atomic E-state index is 11.2. The van der Waals surface area contributed by atoms with Crippen molar-refractivity contribution in [1.29, 1.82) is 0 Å². The first-order chi connectivity index (χ1) is 7.94. The SMILES string of the molecule is CC(=O)NC(C)(C)C1CCC2(CC1)OCCO2. The van der Waals surface area contributed by atoms with Gasteiger partial charge in [0.1, 0.15) is 0 Å². The molecule has 2 aliphatic rings. The van der Waals surface area contributed by atoms with Crippen molar-refractivity contribution in [3.63, 3.8) is 0 Å². The summed E-state index contributed by atoms with van der Waals surface area (Å²) in [5.74, 6) is 0.247. The van der Waals surface area contributed by atoms with E-state index in [1.165, 1.54) is 0 Å². The molecular weight excluding hydrogens is 218 g/mol. The predicted octanol–water partition coefficient (Wildman–Crippen LogP) is 1.83. The van der Waals surface area contributed by atoms with Gasteiger partial charge in [-0.1, -0.05) is 0 Å². The van der Waals surface area contributed by atoms with Crippen molar-refractivity contribution in [2.45, 2.75) is 57.8 Å². The Labute approximate surface area is 103 Å². The molecule has 1 spiro atoms. The second-order valence-electron chi connectivity index (χ2n) is 5.78. The normalized spacial score (nSPS) is 25.1. The minimum absolute atomic E-state index is 0.0450. The Balaban J connectivity index is 1.91. The number of rotatable bonds is 2. The van der Waals surface area contributed by atoms with Crippen molar-refractivity contribution in [2.24, 2.45) is 5.92 Å². The molecule has 0 atom stereocenters. The van der Waals surface area contributed by atoms with E-state index in [1.807, 2.05) is 0 Å². The molecule has 1 saturated carbocycles. The van der Waals surface area contributed by atoms with Crippen LogP contribution in [0.15, 0.2) is 0 Å². The summed E-state index contributed by atoms with van der Waals surface area (Å²) >= 11 is 0. The second kappa shape index (κ2) is 4.58. The fraction of sp³-hybridized carbons (Fsp3) is 0.923. The largest absolute Gasteiger partial charge is 0.351 e. The molecule has 0 unspecified atom stereocenters. The first-order valence-corrected chi connectivity index (χ1v) is 6.50. The van der Waals surface area contributed by atoms with Crippen LogP contribution >= 0.6 is 0 Å². The lowest BCUT2D eigenvalue weighted by atomic mass is 9.74. The predicted molar refractivity (Wildman–Crippen MR) is 64.5 cm³/mol. The van der Waals surface area contributed by atoms with Gasteiger partial charge in [-0.15, -0.1) is 0 Å². The van der Waals surface area contributed by atoms with Gasteiger partial charge in [-0.25, -0.2) is 0 Å². The summed E-state index contributed by atoms with van der Waals surface area (Å²) in [6, 6.07) is 0. The van der Waals surface area contributed by atoms with E-state index in [4.69, 9.17) is 9.47 Å². The Kier molecular flexibility index (Phi) is 3.46. The Hall–Kier alpha value is -0.610. The minimum atomic E-state index is -0.303. The van der Waals surface area contributed by atoms with E-state index in [0.29, 0.717) is 5.92 Å². The smallest absolute Gasteiger partial charge is 0.217 e. The number of amides is 1. The highest BCUT2D eigenvalue weighted by Crippen LogP contribution is 2.41. The van der Waals surface area contributed by atoms with Crippen LogP contribution in [0.5, 0.6) is 0 Å². The Morgan fingerprint density at radius 2 is 1.76 bits per heavy atom. The lowest BCUT2D eigenvalue weighted by molar-refractivity contribution is -0.185. The standard InChI is InChI=1S/C13H23NO3/c1-10(15)14-12(2,3)11-4-6-13(7-5-11)16-8-9-17-13/h11H,4-9H2,1-3H3,(H,14,15). The lowest BCUT2D eigenvalue weighted by Gasteiger charge is -2.42. The molecule has 1 heterocycles. The lowest BCUT2D eigenvalue weighted by Crippen LogP contribution is -2.51. The highest BCUT2D eigenvalue weighted by molar-refractivity contribution is 5.73. The quantitative estimate of drug-likeness (QED) is 0.802. The Bertz CT molecular complexity index is 285. The molecule has 98 valence electrons. The number of carbonyl (C=O) groups is 1. The molecule has 2 rings (SSSR count). The van der Waals surface area contributed by atoms with Gasteiger partial charge in [-0.05, 0) is 32.6 Å². The van der Waals surface area contributed by atoms with Crippen LogP contribution in [-0.2, 0) is 14.3 Å². The van der Waals surface area contributed by atoms with Gasteiger partial charge >= 0.3 is 0 Å². The van der Waals surface area contributed by atoms with Crippen LogP contribution in [0.2, 0.25) is 0 Å². The molecule has 4 heteroatoms. The van der Waals surface area contributed by atoms with Crippen molar-refractivity contribution in [3.8, 4) is 0 Å². The molecule has 1 saturated heterocycles. The molecule has 0 radical (unpaired) electrons. The second-order valence-corrected chi connectivity index (χ2v) is 5.78. The zero-order valence-corrected chi connectivity index (χ0v) is 11.0. The molecule has 0 aromatic heterocycles. The van der Waals surface area contributed by atoms with Crippen molar-refractivity contribution in [2.75, 3.05) is 13.2 Å². The first kappa shape index (κ1) is 12.8. The molecule has 1 aliphatic heterocycles. The van der Waals surface area contributed by atoms with Crippen molar-refractivity contribution in [1.82, 2.24) is 5.32 Å². The Morgan fingerprint density at radius 1 is 1.24 bits per heavy atom. The molecule has 1 N–H and O–H groups in total. The summed E-state index contributed by atoms with van der Waals surface area (Å²) in [6.45, 7) is 7.23. The molecule has 0 bridgehead atoms. The molecule has 1 amide bonds. The van der Waals surface area contributed by atoms with Gasteiger partial charge in [-0.3, -0.25) is 4.79 Å². The van der Waals surface area contributed by atoms with Gasteiger partial charge in [0.05, 0.1) is 13.2 Å². The average Bonchev–Trinajstić information content (AvgIpc) is 2.65. The van der Waals surface area contributed by atoms with Crippen molar-refractivity contribution in [3.05, 3.63) is 0 Å². The topological polar surface area (TPSA) is 47.6 Å². The summed E-state index contributed by atoms with van der Waals surface area (Å²) in [6.07, 6.45) is 3.99. The number of hydrogen-bond acceptors (Lipinski definition) is 3. The summed E-state index contributed by atoms with van der Waals surface area (Å²) in [4.78, 5) is 11.2. The van der Waals surface area contributed by atoms with E-state index in [0.717, 1.165) is 38.9 Å². The van der Waals surface area contributed by atoms with Crippen molar-refractivity contribution < 1.29 is 14.3 Å². The summed E-state index contributed by atoms with van der Waals surface area (Å²) in [5, 5.41) is 3.05. The van der Waals surface area contributed by atoms with Crippen molar-refractivity contribution >= 4 is 5.91 Å². The van der Waals surface area contributed by atoms with Gasteiger partial charge in [0.25, 0.3) is 0 Å². The minimum Gasteiger partial charge on any atom is -0.351 e. The van der Waals surface area contributed by atoms with Gasteiger partial charge in [0.15, 0.2) is 5.79 Å². The average molecular weight is 241 g/mol. The van der Waals surface area contributed by atoms with Crippen LogP contribution in [0.4, 0.5) is 0 Å². The number of hydrogen-bond donors (Lipinski definition) is 1. The summed E-state index contributed by atoms with van der Waals surface area (Å²) in [5.41, 5.74) is -0.133. The molecule has 2 fully saturated rings. The van der Waals surface area contributed by atoms with Gasteiger partial charge in [0, 0.05) is 25.3 Å². The maximum Gasteiger partial charge on any atom is 0.217 e. The zero-order chi connectivity index (χ0) is 12.5. The third-order valence-electron chi connectivity index (χ3n) is 4.08. The molecule has 1 aliphatic carbocycles. The molecular formula is C13H23NO3. The fourth-order valence-corrected chi connectivity index (χ4v) is 3.12. The van der Waals surface area contributed by atoms with E-state index in [2.05, 4.69) is 19.2 Å². The first-order valence-electron chi connectivity index (χ1n) is 6.50. The van der Waals surface area contributed by atoms with Crippen LogP contribution in [0, 0.1) is 5.92 Å². The highest BCUT2D eigenvalue weighted by atomic mass is 16.7. The molecule has 0 aromatic rings. The van der Waals surface area contributed by atoms with E-state index in [1.54, 1.807) is 6.92 Å². The Morgan fingerprint density at radius 3 is 2.24 bits per heavy atom. The molecule has 0 aromatic carbocycles. The van der Waals surface area contributed by atoms with E-state index in [-0.39, 0.29) is 17.2 Å². The van der Waals surface area contributed by atoms with Crippen LogP contribution in [0.25, 0.3) is 0 Å².